The highest BCUT2D eigenvalue weighted by Gasteiger charge is 2.50. The Hall–Kier alpha value is -2.89. The third-order valence-electron chi connectivity index (χ3n) is 9.24. The average Bonchev–Trinajstić information content (AvgIpc) is 3.41. The number of ether oxygens (including phenoxy) is 2. The van der Waals surface area contributed by atoms with Gasteiger partial charge in [-0.2, -0.15) is 0 Å². The van der Waals surface area contributed by atoms with E-state index in [9.17, 15) is 9.18 Å². The molecule has 2 aliphatic rings. The van der Waals surface area contributed by atoms with Crippen LogP contribution >= 0.6 is 0 Å². The van der Waals surface area contributed by atoms with Gasteiger partial charge in [0.2, 0.25) is 0 Å². The summed E-state index contributed by atoms with van der Waals surface area (Å²) >= 11 is 0. The van der Waals surface area contributed by atoms with Gasteiger partial charge in [0.05, 0.1) is 11.7 Å². The molecule has 11 heteroatoms. The van der Waals surface area contributed by atoms with Gasteiger partial charge in [0.15, 0.2) is 5.82 Å². The Labute approximate surface area is 262 Å². The van der Waals surface area contributed by atoms with E-state index in [4.69, 9.17) is 9.47 Å². The van der Waals surface area contributed by atoms with E-state index < -0.39 is 5.82 Å². The van der Waals surface area contributed by atoms with Gasteiger partial charge in [0.25, 0.3) is 11.8 Å². The summed E-state index contributed by atoms with van der Waals surface area (Å²) in [5.74, 6) is 0.863. The maximum absolute atomic E-state index is 14.3. The molecular formula is C33H52FN7O3. The zero-order chi connectivity index (χ0) is 32.0. The van der Waals surface area contributed by atoms with Crippen LogP contribution in [0.2, 0.25) is 0 Å². The van der Waals surface area contributed by atoms with Crippen molar-refractivity contribution in [2.24, 2.45) is 11.3 Å². The van der Waals surface area contributed by atoms with Crippen LogP contribution in [-0.4, -0.2) is 114 Å². The van der Waals surface area contributed by atoms with Crippen molar-refractivity contribution in [1.29, 1.82) is 0 Å². The molecule has 1 aromatic carbocycles. The van der Waals surface area contributed by atoms with E-state index in [0.717, 1.165) is 45.7 Å². The summed E-state index contributed by atoms with van der Waals surface area (Å²) in [5, 5.41) is 8.22. The summed E-state index contributed by atoms with van der Waals surface area (Å²) in [5.41, 5.74) is 0.361. The Morgan fingerprint density at radius 1 is 1.16 bits per heavy atom. The molecule has 0 N–H and O–H groups in total. The van der Waals surface area contributed by atoms with Crippen LogP contribution in [0.15, 0.2) is 24.5 Å². The van der Waals surface area contributed by atoms with Crippen LogP contribution in [0, 0.1) is 17.2 Å². The lowest BCUT2D eigenvalue weighted by Gasteiger charge is -2.53. The molecule has 2 aromatic rings. The summed E-state index contributed by atoms with van der Waals surface area (Å²) in [6, 6.07) is 4.51. The first-order valence-electron chi connectivity index (χ1n) is 16.1. The number of aromatic nitrogens is 3. The molecule has 4 rings (SSSR count). The number of likely N-dealkylation sites (N-methyl/N-ethyl adjacent to an activating group) is 1. The molecule has 0 aliphatic carbocycles. The molecule has 2 aliphatic heterocycles. The van der Waals surface area contributed by atoms with Gasteiger partial charge in [-0.3, -0.25) is 9.69 Å². The third kappa shape index (κ3) is 8.03. The summed E-state index contributed by atoms with van der Waals surface area (Å²) in [4.78, 5) is 26.8. The molecule has 3 heterocycles. The van der Waals surface area contributed by atoms with Crippen molar-refractivity contribution in [3.8, 4) is 11.6 Å². The fourth-order valence-corrected chi connectivity index (χ4v) is 6.84. The lowest BCUT2D eigenvalue weighted by molar-refractivity contribution is -0.0346. The predicted octanol–water partition coefficient (Wildman–Crippen LogP) is 4.96. The fraction of sp³-hybridized carbons (Fsp3) is 0.697. The zero-order valence-corrected chi connectivity index (χ0v) is 27.9. The quantitative estimate of drug-likeness (QED) is 0.277. The number of hydrogen-bond donors (Lipinski definition) is 0. The van der Waals surface area contributed by atoms with E-state index in [0.29, 0.717) is 24.3 Å². The van der Waals surface area contributed by atoms with E-state index in [1.54, 1.807) is 12.0 Å². The van der Waals surface area contributed by atoms with Crippen molar-refractivity contribution in [2.75, 3.05) is 64.9 Å². The van der Waals surface area contributed by atoms with Crippen LogP contribution in [-0.2, 0) is 4.74 Å². The van der Waals surface area contributed by atoms with Gasteiger partial charge in [0.1, 0.15) is 17.9 Å². The molecule has 0 bridgehead atoms. The van der Waals surface area contributed by atoms with E-state index in [1.165, 1.54) is 37.4 Å². The highest BCUT2D eigenvalue weighted by atomic mass is 19.1. The number of methoxy groups -OCH3 is 1. The number of halogens is 1. The minimum atomic E-state index is -0.499. The van der Waals surface area contributed by atoms with Crippen molar-refractivity contribution in [3.05, 3.63) is 35.9 Å². The highest BCUT2D eigenvalue weighted by molar-refractivity contribution is 5.97. The van der Waals surface area contributed by atoms with Crippen molar-refractivity contribution in [1.82, 2.24) is 29.9 Å². The van der Waals surface area contributed by atoms with Gasteiger partial charge in [-0.25, -0.2) is 9.37 Å². The van der Waals surface area contributed by atoms with Crippen LogP contribution in [0.25, 0.3) is 0 Å². The van der Waals surface area contributed by atoms with Gasteiger partial charge in [-0.15, -0.1) is 10.2 Å². The summed E-state index contributed by atoms with van der Waals surface area (Å²) in [6.45, 7) is 18.9. The fourth-order valence-electron chi connectivity index (χ4n) is 6.84. The number of benzene rings is 1. The first-order valence-corrected chi connectivity index (χ1v) is 16.1. The van der Waals surface area contributed by atoms with E-state index in [1.807, 2.05) is 20.8 Å². The summed E-state index contributed by atoms with van der Waals surface area (Å²) in [7, 11) is 3.94. The molecule has 0 radical (unpaired) electrons. The number of carbonyl (C=O) groups is 1. The maximum atomic E-state index is 14.3. The second kappa shape index (κ2) is 14.9. The number of hydrogen-bond acceptors (Lipinski definition) is 9. The normalized spacial score (nSPS) is 17.9. The molecule has 2 saturated heterocycles. The predicted molar refractivity (Wildman–Crippen MR) is 171 cm³/mol. The average molecular weight is 614 g/mol. The topological polar surface area (TPSA) is 87.2 Å². The van der Waals surface area contributed by atoms with Gasteiger partial charge < -0.3 is 24.2 Å². The molecule has 10 nitrogen and oxygen atoms in total. The van der Waals surface area contributed by atoms with Crippen LogP contribution in [0.1, 0.15) is 71.2 Å². The molecule has 0 saturated carbocycles. The molecule has 1 amide bonds. The third-order valence-corrected chi connectivity index (χ3v) is 9.24. The molecule has 1 spiro atoms. The monoisotopic (exact) mass is 613 g/mol. The van der Waals surface area contributed by atoms with Gasteiger partial charge >= 0.3 is 0 Å². The molecule has 44 heavy (non-hydrogen) atoms. The molecular weight excluding hydrogens is 561 g/mol. The van der Waals surface area contributed by atoms with Crippen LogP contribution in [0.3, 0.4) is 0 Å². The number of anilines is 1. The Morgan fingerprint density at radius 2 is 1.91 bits per heavy atom. The second-order valence-electron chi connectivity index (χ2n) is 13.4. The number of carbonyl (C=O) groups excluding carboxylic acids is 1. The highest BCUT2D eigenvalue weighted by Crippen LogP contribution is 2.44. The van der Waals surface area contributed by atoms with Gasteiger partial charge in [-0.05, 0) is 84.7 Å². The summed E-state index contributed by atoms with van der Waals surface area (Å²) < 4.78 is 25.9. The van der Waals surface area contributed by atoms with E-state index in [-0.39, 0.29) is 40.7 Å². The van der Waals surface area contributed by atoms with Crippen molar-refractivity contribution in [3.63, 3.8) is 0 Å². The van der Waals surface area contributed by atoms with Gasteiger partial charge in [-0.1, -0.05) is 13.8 Å². The van der Waals surface area contributed by atoms with Gasteiger partial charge in [0, 0.05) is 63.9 Å². The Morgan fingerprint density at radius 3 is 2.57 bits per heavy atom. The first-order chi connectivity index (χ1) is 21.0. The molecule has 0 unspecified atom stereocenters. The van der Waals surface area contributed by atoms with Crippen molar-refractivity contribution >= 4 is 11.7 Å². The van der Waals surface area contributed by atoms with E-state index in [2.05, 4.69) is 57.7 Å². The minimum absolute atomic E-state index is 0.0402. The first kappa shape index (κ1) is 34.0. The van der Waals surface area contributed by atoms with Crippen LogP contribution < -0.4 is 9.64 Å². The van der Waals surface area contributed by atoms with Crippen LogP contribution in [0.4, 0.5) is 10.2 Å². The lowest BCUT2D eigenvalue weighted by Crippen LogP contribution is -2.62. The SMILES string of the molecule is CCN(C(=O)c1cc(F)ccc1Oc1nncnc1N1CCC2(C1)CN([C@H](CCCN(C)C[C@H](C)OC)C(C)C)C2)C(C)C. The lowest BCUT2D eigenvalue weighted by atomic mass is 9.76. The molecule has 1 aromatic heterocycles. The second-order valence-corrected chi connectivity index (χ2v) is 13.4. The molecule has 2 atom stereocenters. The van der Waals surface area contributed by atoms with E-state index >= 15 is 0 Å². The molecule has 244 valence electrons. The number of likely N-dealkylation sites (tertiary alicyclic amines) is 1. The van der Waals surface area contributed by atoms with Crippen LogP contribution in [0.5, 0.6) is 11.6 Å². The standard InChI is InChI=1S/C33H52FN7O3/c1-9-41(24(4)5)32(42)27-17-26(34)12-13-29(27)44-31-30(35-22-36-37-31)39-16-14-33(19-39)20-40(21-33)28(23(2)3)11-10-15-38(7)18-25(6)43-8/h12-13,17,22-25,28H,9-11,14-16,18-21H2,1-8H3/t25-,28+/m0/s1. The van der Waals surface area contributed by atoms with Crippen molar-refractivity contribution < 1.29 is 18.7 Å². The largest absolute Gasteiger partial charge is 0.434 e. The number of nitrogens with zero attached hydrogens (tertiary/aromatic N) is 7. The Bertz CT molecular complexity index is 1240. The summed E-state index contributed by atoms with van der Waals surface area (Å²) in [6.07, 6.45) is 5.08. The minimum Gasteiger partial charge on any atom is -0.434 e. The number of rotatable bonds is 15. The smallest absolute Gasteiger partial charge is 0.282 e. The number of amides is 1. The zero-order valence-electron chi connectivity index (χ0n) is 27.9. The Kier molecular flexibility index (Phi) is 11.5. The van der Waals surface area contributed by atoms with Crippen molar-refractivity contribution in [2.45, 2.75) is 79.0 Å². The maximum Gasteiger partial charge on any atom is 0.282 e. The Balaban J connectivity index is 1.41. The molecule has 2 fully saturated rings.